The van der Waals surface area contributed by atoms with Crippen LogP contribution in [0, 0.1) is 0 Å². The molecular formula is C29H41ClN4O. The van der Waals surface area contributed by atoms with Gasteiger partial charge in [0.1, 0.15) is 5.75 Å². The Kier molecular flexibility index (Phi) is 11.6. The van der Waals surface area contributed by atoms with E-state index in [1.807, 2.05) is 36.4 Å². The molecule has 2 aromatic carbocycles. The highest BCUT2D eigenvalue weighted by atomic mass is 35.5. The number of aromatic hydroxyl groups is 1. The van der Waals surface area contributed by atoms with E-state index in [2.05, 4.69) is 34.8 Å². The molecule has 0 amide bonds. The summed E-state index contributed by atoms with van der Waals surface area (Å²) in [6.07, 6.45) is 11.6. The minimum Gasteiger partial charge on any atom is -0.507 e. The van der Waals surface area contributed by atoms with Crippen molar-refractivity contribution in [2.45, 2.75) is 78.3 Å². The average Bonchev–Trinajstić information content (AvgIpc) is 2.85. The molecule has 0 unspecified atom stereocenters. The maximum atomic E-state index is 11.0. The number of aromatic nitrogens is 1. The van der Waals surface area contributed by atoms with Gasteiger partial charge in [0.05, 0.1) is 5.52 Å². The van der Waals surface area contributed by atoms with Crippen LogP contribution in [0.1, 0.15) is 76.3 Å². The predicted molar refractivity (Wildman–Crippen MR) is 150 cm³/mol. The molecule has 0 aliphatic heterocycles. The second-order valence-corrected chi connectivity index (χ2v) is 9.70. The lowest BCUT2D eigenvalue weighted by Crippen LogP contribution is -2.17. The van der Waals surface area contributed by atoms with Crippen molar-refractivity contribution in [1.29, 1.82) is 0 Å². The highest BCUT2D eigenvalue weighted by Gasteiger charge is 2.12. The lowest BCUT2D eigenvalue weighted by atomic mass is 10.1. The van der Waals surface area contributed by atoms with E-state index >= 15 is 0 Å². The standard InChI is InChI=1S/C29H41ClN4O/c1-3-5-7-9-14-31-20-22-17-25(18-23(29(22)35)21-32-15-10-8-6-4-2)34-27-13-16-33-28-19-24(30)11-12-26(27)28/h11-13,16-19,31-32,35H,3-10,14-15,20-21H2,1-2H3,(H,33,34). The highest BCUT2D eigenvalue weighted by Crippen LogP contribution is 2.32. The van der Waals surface area contributed by atoms with Crippen LogP contribution in [0.3, 0.4) is 0 Å². The monoisotopic (exact) mass is 496 g/mol. The molecule has 3 aromatic rings. The van der Waals surface area contributed by atoms with Crippen LogP contribution >= 0.6 is 11.6 Å². The first kappa shape index (κ1) is 27.3. The van der Waals surface area contributed by atoms with Crippen molar-refractivity contribution in [3.8, 4) is 5.75 Å². The maximum absolute atomic E-state index is 11.0. The number of rotatable bonds is 16. The van der Waals surface area contributed by atoms with Crippen molar-refractivity contribution in [1.82, 2.24) is 15.6 Å². The summed E-state index contributed by atoms with van der Waals surface area (Å²) in [6.45, 7) is 7.65. The first-order valence-corrected chi connectivity index (χ1v) is 13.6. The first-order valence-electron chi connectivity index (χ1n) is 13.2. The maximum Gasteiger partial charge on any atom is 0.124 e. The number of fused-ring (bicyclic) bond motifs is 1. The van der Waals surface area contributed by atoms with Gasteiger partial charge in [-0.25, -0.2) is 0 Å². The fourth-order valence-electron chi connectivity index (χ4n) is 4.29. The van der Waals surface area contributed by atoms with Crippen molar-refractivity contribution in [3.05, 3.63) is 58.7 Å². The number of hydrogen-bond acceptors (Lipinski definition) is 5. The van der Waals surface area contributed by atoms with E-state index in [-0.39, 0.29) is 0 Å². The molecule has 190 valence electrons. The number of hydrogen-bond donors (Lipinski definition) is 4. The topological polar surface area (TPSA) is 69.2 Å². The van der Waals surface area contributed by atoms with Crippen molar-refractivity contribution in [3.63, 3.8) is 0 Å². The average molecular weight is 497 g/mol. The van der Waals surface area contributed by atoms with Gasteiger partial charge in [-0.2, -0.15) is 0 Å². The summed E-state index contributed by atoms with van der Waals surface area (Å²) in [4.78, 5) is 4.45. The summed E-state index contributed by atoms with van der Waals surface area (Å²) in [5.74, 6) is 0.379. The molecule has 3 rings (SSSR count). The van der Waals surface area contributed by atoms with Crippen LogP contribution < -0.4 is 16.0 Å². The van der Waals surface area contributed by atoms with Crippen LogP contribution in [0.5, 0.6) is 5.75 Å². The lowest BCUT2D eigenvalue weighted by Gasteiger charge is -2.16. The third-order valence-electron chi connectivity index (χ3n) is 6.30. The smallest absolute Gasteiger partial charge is 0.124 e. The van der Waals surface area contributed by atoms with E-state index in [1.54, 1.807) is 6.20 Å². The van der Waals surface area contributed by atoms with Crippen molar-refractivity contribution in [2.75, 3.05) is 18.4 Å². The van der Waals surface area contributed by atoms with Gasteiger partial charge in [0, 0.05) is 52.2 Å². The molecule has 1 aromatic heterocycles. The predicted octanol–water partition coefficient (Wildman–Crippen LogP) is 7.68. The second-order valence-electron chi connectivity index (χ2n) is 9.26. The molecule has 0 fully saturated rings. The summed E-state index contributed by atoms with van der Waals surface area (Å²) in [6, 6.07) is 11.8. The molecule has 35 heavy (non-hydrogen) atoms. The summed E-state index contributed by atoms with van der Waals surface area (Å²) < 4.78 is 0. The van der Waals surface area contributed by atoms with E-state index in [9.17, 15) is 5.11 Å². The van der Waals surface area contributed by atoms with Crippen molar-refractivity contribution < 1.29 is 5.11 Å². The summed E-state index contributed by atoms with van der Waals surface area (Å²) in [5.41, 5.74) is 4.60. The van der Waals surface area contributed by atoms with Crippen molar-refractivity contribution >= 4 is 33.9 Å². The number of nitrogens with one attached hydrogen (secondary N) is 3. The largest absolute Gasteiger partial charge is 0.507 e. The zero-order valence-electron chi connectivity index (χ0n) is 21.3. The van der Waals surface area contributed by atoms with E-state index in [4.69, 9.17) is 11.6 Å². The van der Waals surface area contributed by atoms with Gasteiger partial charge >= 0.3 is 0 Å². The van der Waals surface area contributed by atoms with Crippen LogP contribution in [0.2, 0.25) is 5.02 Å². The van der Waals surface area contributed by atoms with Crippen LogP contribution in [0.15, 0.2) is 42.6 Å². The summed E-state index contributed by atoms with van der Waals surface area (Å²) in [5, 5.41) is 23.3. The second kappa shape index (κ2) is 14.9. The number of phenols is 1. The molecule has 5 nitrogen and oxygen atoms in total. The third-order valence-corrected chi connectivity index (χ3v) is 6.53. The number of halogens is 1. The van der Waals surface area contributed by atoms with E-state index in [1.165, 1.54) is 38.5 Å². The SMILES string of the molecule is CCCCCCNCc1cc(Nc2ccnc3cc(Cl)ccc23)cc(CNCCCCCC)c1O. The molecule has 0 aliphatic rings. The minimum atomic E-state index is 0.379. The Labute approximate surface area is 215 Å². The Morgan fingerprint density at radius 3 is 2.03 bits per heavy atom. The first-order chi connectivity index (χ1) is 17.1. The Morgan fingerprint density at radius 1 is 0.800 bits per heavy atom. The molecule has 0 saturated heterocycles. The zero-order chi connectivity index (χ0) is 24.9. The third kappa shape index (κ3) is 8.68. The van der Waals surface area contributed by atoms with Gasteiger partial charge in [-0.3, -0.25) is 4.98 Å². The fourth-order valence-corrected chi connectivity index (χ4v) is 4.45. The molecule has 0 aliphatic carbocycles. The van der Waals surface area contributed by atoms with E-state index in [0.717, 1.165) is 59.3 Å². The minimum absolute atomic E-state index is 0.379. The summed E-state index contributed by atoms with van der Waals surface area (Å²) in [7, 11) is 0. The van der Waals surface area contributed by atoms with Crippen LogP contribution in [0.25, 0.3) is 10.9 Å². The Bertz CT molecular complexity index is 1020. The number of phenolic OH excluding ortho intramolecular Hbond substituents is 1. The number of nitrogens with zero attached hydrogens (tertiary/aromatic N) is 1. The van der Waals surface area contributed by atoms with E-state index < -0.39 is 0 Å². The number of benzene rings is 2. The molecule has 6 heteroatoms. The quantitative estimate of drug-likeness (QED) is 0.121. The molecule has 4 N–H and O–H groups in total. The molecule has 0 spiro atoms. The Balaban J connectivity index is 1.76. The number of pyridine rings is 1. The van der Waals surface area contributed by atoms with Gasteiger partial charge in [-0.15, -0.1) is 0 Å². The number of unbranched alkanes of at least 4 members (excludes halogenated alkanes) is 6. The molecule has 0 saturated carbocycles. The van der Waals surface area contributed by atoms with Gasteiger partial charge in [0.2, 0.25) is 0 Å². The van der Waals surface area contributed by atoms with E-state index in [0.29, 0.717) is 23.9 Å². The van der Waals surface area contributed by atoms with Gasteiger partial charge < -0.3 is 21.1 Å². The Morgan fingerprint density at radius 2 is 1.43 bits per heavy atom. The molecule has 1 heterocycles. The zero-order valence-corrected chi connectivity index (χ0v) is 22.1. The number of anilines is 2. The van der Waals surface area contributed by atoms with Crippen LogP contribution in [0.4, 0.5) is 11.4 Å². The van der Waals surface area contributed by atoms with Gasteiger partial charge in [0.15, 0.2) is 0 Å². The van der Waals surface area contributed by atoms with Crippen molar-refractivity contribution in [2.24, 2.45) is 0 Å². The molecule has 0 radical (unpaired) electrons. The normalized spacial score (nSPS) is 11.3. The molecular weight excluding hydrogens is 456 g/mol. The lowest BCUT2D eigenvalue weighted by molar-refractivity contribution is 0.453. The van der Waals surface area contributed by atoms with Gasteiger partial charge in [-0.05, 0) is 62.3 Å². The highest BCUT2D eigenvalue weighted by molar-refractivity contribution is 6.31. The summed E-state index contributed by atoms with van der Waals surface area (Å²) >= 11 is 6.16. The molecule has 0 bridgehead atoms. The molecule has 0 atom stereocenters. The fraction of sp³-hybridized carbons (Fsp3) is 0.483. The van der Waals surface area contributed by atoms with Gasteiger partial charge in [-0.1, -0.05) is 64.0 Å². The Hall–Kier alpha value is -2.34. The van der Waals surface area contributed by atoms with Crippen LogP contribution in [-0.4, -0.2) is 23.2 Å². The van der Waals surface area contributed by atoms with Crippen LogP contribution in [-0.2, 0) is 13.1 Å². The van der Waals surface area contributed by atoms with Gasteiger partial charge in [0.25, 0.3) is 0 Å².